The maximum atomic E-state index is 12.6. The number of hydrazone groups is 1. The molecule has 0 spiro atoms. The van der Waals surface area contributed by atoms with E-state index >= 15 is 0 Å². The summed E-state index contributed by atoms with van der Waals surface area (Å²) >= 11 is 4.55. The Morgan fingerprint density at radius 3 is 2.46 bits per heavy atom. The van der Waals surface area contributed by atoms with Crippen LogP contribution in [0.4, 0.5) is 0 Å². The highest BCUT2D eigenvalue weighted by atomic mass is 79.9. The Kier molecular flexibility index (Phi) is 8.76. The lowest BCUT2D eigenvalue weighted by Crippen LogP contribution is -2.20. The molecule has 2 N–H and O–H groups in total. The fourth-order valence-corrected chi connectivity index (χ4v) is 4.97. The molecule has 4 aromatic rings. The van der Waals surface area contributed by atoms with Crippen LogP contribution in [0.1, 0.15) is 37.5 Å². The maximum absolute atomic E-state index is 12.6. The van der Waals surface area contributed by atoms with Gasteiger partial charge in [0.15, 0.2) is 22.5 Å². The highest BCUT2D eigenvalue weighted by molar-refractivity contribution is 9.10. The topological polar surface area (TPSA) is 102 Å². The first-order valence-electron chi connectivity index (χ1n) is 12.2. The number of hydrogen-bond acceptors (Lipinski definition) is 7. The number of nitrogens with zero attached hydrogens (tertiary/aromatic N) is 4. The smallest absolute Gasteiger partial charge is 0.250 e. The van der Waals surface area contributed by atoms with Gasteiger partial charge in [-0.25, -0.2) is 5.43 Å². The monoisotopic (exact) mass is 607 g/mol. The lowest BCUT2D eigenvalue weighted by molar-refractivity contribution is -0.118. The summed E-state index contributed by atoms with van der Waals surface area (Å²) in [6, 6.07) is 19.7. The summed E-state index contributed by atoms with van der Waals surface area (Å²) in [4.78, 5) is 12.6. The van der Waals surface area contributed by atoms with Crippen LogP contribution >= 0.6 is 27.7 Å². The number of aryl methyl sites for hydroxylation is 1. The molecule has 0 unspecified atom stereocenters. The number of benzene rings is 3. The fraction of sp³-hybridized carbons (Fsp3) is 0.241. The third-order valence-electron chi connectivity index (χ3n) is 5.94. The summed E-state index contributed by atoms with van der Waals surface area (Å²) < 4.78 is 7.57. The molecule has 0 saturated carbocycles. The first kappa shape index (κ1) is 28.4. The summed E-state index contributed by atoms with van der Waals surface area (Å²) in [5.74, 6) is 0.791. The Hall–Kier alpha value is -3.63. The number of halogens is 1. The van der Waals surface area contributed by atoms with E-state index in [4.69, 9.17) is 4.74 Å². The normalized spacial score (nSPS) is 11.6. The summed E-state index contributed by atoms with van der Waals surface area (Å²) in [6.45, 7) is 8.58. The first-order valence-corrected chi connectivity index (χ1v) is 14.0. The van der Waals surface area contributed by atoms with Gasteiger partial charge in [0.2, 0.25) is 0 Å². The van der Waals surface area contributed by atoms with Crippen molar-refractivity contribution in [1.82, 2.24) is 20.2 Å². The van der Waals surface area contributed by atoms with E-state index in [1.54, 1.807) is 12.1 Å². The number of phenolic OH excluding ortho intramolecular Hbond substituents is 1. The number of phenols is 1. The van der Waals surface area contributed by atoms with E-state index < -0.39 is 0 Å². The van der Waals surface area contributed by atoms with E-state index in [0.717, 1.165) is 16.8 Å². The Morgan fingerprint density at radius 1 is 1.13 bits per heavy atom. The molecule has 1 amide bonds. The summed E-state index contributed by atoms with van der Waals surface area (Å²) in [5.41, 5.74) is 7.45. The fourth-order valence-electron chi connectivity index (χ4n) is 3.76. The van der Waals surface area contributed by atoms with E-state index in [-0.39, 0.29) is 22.8 Å². The number of aromatic nitrogens is 3. The number of aromatic hydroxyl groups is 1. The Labute approximate surface area is 240 Å². The molecule has 0 atom stereocenters. The highest BCUT2D eigenvalue weighted by Gasteiger charge is 2.19. The molecular formula is C29H30BrN5O3S. The first-order chi connectivity index (χ1) is 18.6. The number of carbonyl (C=O) groups excluding carboxylic acids is 1. The molecule has 10 heteroatoms. The Bertz CT molecular complexity index is 1490. The van der Waals surface area contributed by atoms with Crippen molar-refractivity contribution in [3.05, 3.63) is 81.8 Å². The minimum atomic E-state index is -0.296. The SMILES string of the molecule is COc1cc(C=NNC(=O)CSc2nnc(-c3ccc(C(C)(C)C)cc3)n2-c2ccc(C)cc2)cc(Br)c1O. The standard InChI is InChI=1S/C29H30BrN5O3S/c1-18-6-12-22(13-7-18)35-27(20-8-10-21(11-9-20)29(2,3)4)33-34-28(35)39-17-25(36)32-31-16-19-14-23(30)26(37)24(15-19)38-5/h6-16,37H,17H2,1-5H3,(H,32,36). The van der Waals surface area contributed by atoms with E-state index in [0.29, 0.717) is 26.8 Å². The molecule has 1 heterocycles. The van der Waals surface area contributed by atoms with Gasteiger partial charge in [0.05, 0.1) is 23.5 Å². The molecule has 0 aliphatic carbocycles. The molecule has 3 aromatic carbocycles. The van der Waals surface area contributed by atoms with Crippen LogP contribution in [0.3, 0.4) is 0 Å². The number of ether oxygens (including phenoxy) is 1. The molecule has 39 heavy (non-hydrogen) atoms. The van der Waals surface area contributed by atoms with Gasteiger partial charge in [-0.2, -0.15) is 5.10 Å². The average Bonchev–Trinajstić information content (AvgIpc) is 3.33. The molecule has 0 saturated heterocycles. The van der Waals surface area contributed by atoms with Crippen molar-refractivity contribution in [1.29, 1.82) is 0 Å². The zero-order valence-corrected chi connectivity index (χ0v) is 24.8. The minimum absolute atomic E-state index is 0.00251. The third-order valence-corrected chi connectivity index (χ3v) is 7.47. The molecule has 0 bridgehead atoms. The van der Waals surface area contributed by atoms with E-state index in [1.807, 2.05) is 35.8 Å². The largest absolute Gasteiger partial charge is 0.503 e. The van der Waals surface area contributed by atoms with Gasteiger partial charge in [0.1, 0.15) is 0 Å². The quantitative estimate of drug-likeness (QED) is 0.139. The number of hydrogen-bond donors (Lipinski definition) is 2. The van der Waals surface area contributed by atoms with Gasteiger partial charge in [0.25, 0.3) is 5.91 Å². The van der Waals surface area contributed by atoms with Crippen molar-refractivity contribution in [2.45, 2.75) is 38.3 Å². The lowest BCUT2D eigenvalue weighted by atomic mass is 9.87. The van der Waals surface area contributed by atoms with Crippen LogP contribution in [0, 0.1) is 6.92 Å². The van der Waals surface area contributed by atoms with E-state index in [2.05, 4.69) is 81.7 Å². The van der Waals surface area contributed by atoms with Crippen LogP contribution in [0.2, 0.25) is 0 Å². The van der Waals surface area contributed by atoms with Crippen molar-refractivity contribution in [3.8, 4) is 28.6 Å². The molecule has 202 valence electrons. The van der Waals surface area contributed by atoms with Gasteiger partial charge < -0.3 is 9.84 Å². The average molecular weight is 609 g/mol. The van der Waals surface area contributed by atoms with Crippen LogP contribution in [-0.2, 0) is 10.2 Å². The Balaban J connectivity index is 1.52. The second kappa shape index (κ2) is 12.0. The molecule has 0 aliphatic rings. The van der Waals surface area contributed by atoms with E-state index in [1.165, 1.54) is 30.6 Å². The van der Waals surface area contributed by atoms with Crippen molar-refractivity contribution in [2.75, 3.05) is 12.9 Å². The van der Waals surface area contributed by atoms with Gasteiger partial charge in [-0.15, -0.1) is 10.2 Å². The molecule has 0 fully saturated rings. The van der Waals surface area contributed by atoms with Gasteiger partial charge in [-0.3, -0.25) is 9.36 Å². The molecule has 8 nitrogen and oxygen atoms in total. The second-order valence-electron chi connectivity index (χ2n) is 9.94. The second-order valence-corrected chi connectivity index (χ2v) is 11.7. The van der Waals surface area contributed by atoms with Gasteiger partial charge in [-0.05, 0) is 63.7 Å². The Morgan fingerprint density at radius 2 is 1.82 bits per heavy atom. The number of amides is 1. The van der Waals surface area contributed by atoms with Crippen molar-refractivity contribution in [2.24, 2.45) is 5.10 Å². The van der Waals surface area contributed by atoms with Crippen LogP contribution in [0.15, 0.2) is 75.4 Å². The third kappa shape index (κ3) is 6.88. The van der Waals surface area contributed by atoms with E-state index in [9.17, 15) is 9.90 Å². The van der Waals surface area contributed by atoms with Gasteiger partial charge in [-0.1, -0.05) is 74.5 Å². The van der Waals surface area contributed by atoms with Crippen molar-refractivity contribution in [3.63, 3.8) is 0 Å². The number of thioether (sulfide) groups is 1. The summed E-state index contributed by atoms with van der Waals surface area (Å²) in [6.07, 6.45) is 1.48. The van der Waals surface area contributed by atoms with Crippen LogP contribution in [0.25, 0.3) is 17.1 Å². The molecular weight excluding hydrogens is 578 g/mol. The van der Waals surface area contributed by atoms with Gasteiger partial charge in [0, 0.05) is 11.3 Å². The number of nitrogens with one attached hydrogen (secondary N) is 1. The predicted molar refractivity (Wildman–Crippen MR) is 159 cm³/mol. The number of carbonyl (C=O) groups is 1. The summed E-state index contributed by atoms with van der Waals surface area (Å²) in [7, 11) is 1.46. The molecule has 4 rings (SSSR count). The van der Waals surface area contributed by atoms with Crippen molar-refractivity contribution >= 4 is 39.8 Å². The molecule has 0 radical (unpaired) electrons. The van der Waals surface area contributed by atoms with Crippen LogP contribution in [-0.4, -0.2) is 44.9 Å². The zero-order chi connectivity index (χ0) is 28.2. The molecule has 1 aromatic heterocycles. The van der Waals surface area contributed by atoms with Gasteiger partial charge >= 0.3 is 0 Å². The maximum Gasteiger partial charge on any atom is 0.250 e. The minimum Gasteiger partial charge on any atom is -0.503 e. The summed E-state index contributed by atoms with van der Waals surface area (Å²) in [5, 5.41) is 23.5. The van der Waals surface area contributed by atoms with Crippen LogP contribution in [0.5, 0.6) is 11.5 Å². The number of rotatable bonds is 8. The predicted octanol–water partition coefficient (Wildman–Crippen LogP) is 6.26. The highest BCUT2D eigenvalue weighted by Crippen LogP contribution is 2.35. The lowest BCUT2D eigenvalue weighted by Gasteiger charge is -2.19. The van der Waals surface area contributed by atoms with Crippen LogP contribution < -0.4 is 10.2 Å². The molecule has 0 aliphatic heterocycles. The zero-order valence-electron chi connectivity index (χ0n) is 22.4. The number of methoxy groups -OCH3 is 1. The van der Waals surface area contributed by atoms with Crippen molar-refractivity contribution < 1.29 is 14.6 Å².